The van der Waals surface area contributed by atoms with Gasteiger partial charge in [0.1, 0.15) is 69.6 Å². The molecule has 9 N–H and O–H groups in total. The third-order valence-electron chi connectivity index (χ3n) is 16.7. The third-order valence-corrected chi connectivity index (χ3v) is 16.7. The summed E-state index contributed by atoms with van der Waals surface area (Å²) in [6, 6.07) is 12.5. The average molecular weight is 1370 g/mol. The van der Waals surface area contributed by atoms with Crippen LogP contribution in [0.4, 0.5) is 34.9 Å². The first-order chi connectivity index (χ1) is 47.5. The van der Waals surface area contributed by atoms with Crippen molar-refractivity contribution in [3.05, 3.63) is 117 Å². The summed E-state index contributed by atoms with van der Waals surface area (Å²) in [5.41, 5.74) is 13.1. The van der Waals surface area contributed by atoms with Gasteiger partial charge in [-0.05, 0) is 159 Å². The molecule has 1 aromatic carbocycles. The lowest BCUT2D eigenvalue weighted by molar-refractivity contribution is 0.610. The molecule has 0 fully saturated rings. The van der Waals surface area contributed by atoms with Gasteiger partial charge in [0.15, 0.2) is 5.82 Å². The molecule has 12 rings (SSSR count). The molecule has 21 nitrogen and oxygen atoms in total. The van der Waals surface area contributed by atoms with Crippen molar-refractivity contribution in [2.24, 2.45) is 0 Å². The van der Waals surface area contributed by atoms with Crippen LogP contribution in [0.5, 0.6) is 0 Å². The van der Waals surface area contributed by atoms with Gasteiger partial charge in [-0.1, -0.05) is 95.2 Å². The first-order valence-electron chi connectivity index (χ1n) is 37.7. The van der Waals surface area contributed by atoms with Crippen molar-refractivity contribution in [3.8, 4) is 0 Å². The fourth-order valence-electron chi connectivity index (χ4n) is 11.7. The number of aromatic amines is 1. The fourth-order valence-corrected chi connectivity index (χ4v) is 11.7. The van der Waals surface area contributed by atoms with Gasteiger partial charge in [0, 0.05) is 143 Å². The van der Waals surface area contributed by atoms with Gasteiger partial charge in [-0.3, -0.25) is 0 Å². The van der Waals surface area contributed by atoms with Crippen LogP contribution in [0.2, 0.25) is 0 Å². The SMILES string of the molecule is CC(C)Nc1nc(C(C)C)nc2c1CCC2.CC(C)Nc1nc(C(C)C)nc2c1CCCC2.CC(C)Nc1nc(C(C)C)nc2c1CCNC2.CC(C)Nc1nc(C(C)C)nc2c1CNCC2.CC(C)Nc1nc(C(C)C)nc2cc[nH]c12.CC(C)Nc1nc(C(C)C)nc2ccccc12. The Kier molecular flexibility index (Phi) is 30.0. The minimum absolute atomic E-state index is 0.340. The van der Waals surface area contributed by atoms with Crippen LogP contribution < -0.4 is 42.5 Å². The summed E-state index contributed by atoms with van der Waals surface area (Å²) >= 11 is 0. The number of anilines is 6. The molecule has 0 bridgehead atoms. The van der Waals surface area contributed by atoms with Crippen LogP contribution in [0.1, 0.15) is 301 Å². The van der Waals surface area contributed by atoms with Gasteiger partial charge in [0.05, 0.1) is 22.4 Å². The van der Waals surface area contributed by atoms with Crippen LogP contribution in [-0.2, 0) is 51.6 Å². The van der Waals surface area contributed by atoms with E-state index in [9.17, 15) is 0 Å². The van der Waals surface area contributed by atoms with Crippen molar-refractivity contribution in [2.75, 3.05) is 45.0 Å². The zero-order valence-electron chi connectivity index (χ0n) is 65.5. The molecule has 546 valence electrons. The average Bonchev–Trinajstić information content (AvgIpc) is 1.76. The lowest BCUT2D eigenvalue weighted by Crippen LogP contribution is -2.28. The molecule has 0 radical (unpaired) electrons. The molecule has 8 aromatic rings. The first-order valence-corrected chi connectivity index (χ1v) is 37.7. The summed E-state index contributed by atoms with van der Waals surface area (Å²) < 4.78 is 0. The summed E-state index contributed by atoms with van der Waals surface area (Å²) in [6.07, 6.45) is 12.2. The zero-order valence-corrected chi connectivity index (χ0v) is 65.5. The second-order valence-electron chi connectivity index (χ2n) is 30.7. The van der Waals surface area contributed by atoms with E-state index >= 15 is 0 Å². The molecule has 0 amide bonds. The van der Waals surface area contributed by atoms with Gasteiger partial charge in [-0.25, -0.2) is 59.8 Å². The molecule has 9 heterocycles. The quantitative estimate of drug-likeness (QED) is 0.0386. The molecular weight excluding hydrogens is 1240 g/mol. The van der Waals surface area contributed by atoms with Crippen LogP contribution in [-0.4, -0.2) is 114 Å². The maximum absolute atomic E-state index is 4.73. The Morgan fingerprint density at radius 2 is 0.630 bits per heavy atom. The van der Waals surface area contributed by atoms with Gasteiger partial charge < -0.3 is 47.5 Å². The molecule has 0 spiro atoms. The number of nitrogens with one attached hydrogen (secondary N) is 9. The number of benzene rings is 1. The zero-order chi connectivity index (χ0) is 73.1. The van der Waals surface area contributed by atoms with Gasteiger partial charge in [0.2, 0.25) is 0 Å². The second kappa shape index (κ2) is 37.8. The Balaban J connectivity index is 0.000000169. The largest absolute Gasteiger partial charge is 0.368 e. The number of aryl methyl sites for hydroxylation is 2. The highest BCUT2D eigenvalue weighted by atomic mass is 15.1. The highest BCUT2D eigenvalue weighted by Crippen LogP contribution is 2.32. The smallest absolute Gasteiger partial charge is 0.154 e. The van der Waals surface area contributed by atoms with Crippen LogP contribution in [0.3, 0.4) is 0 Å². The predicted octanol–water partition coefficient (Wildman–Crippen LogP) is 16.8. The van der Waals surface area contributed by atoms with Crippen LogP contribution in [0.15, 0.2) is 36.5 Å². The first kappa shape index (κ1) is 79.5. The number of para-hydroxylation sites is 1. The van der Waals surface area contributed by atoms with Crippen LogP contribution in [0.25, 0.3) is 21.9 Å². The summed E-state index contributed by atoms with van der Waals surface area (Å²) in [6.45, 7) is 55.0. The minimum atomic E-state index is 0.340. The van der Waals surface area contributed by atoms with E-state index < -0.39 is 0 Å². The molecule has 0 unspecified atom stereocenters. The summed E-state index contributed by atoms with van der Waals surface area (Å²) in [5.74, 6) is 13.9. The lowest BCUT2D eigenvalue weighted by Gasteiger charge is -2.22. The van der Waals surface area contributed by atoms with Crippen molar-refractivity contribution in [3.63, 3.8) is 0 Å². The van der Waals surface area contributed by atoms with E-state index in [4.69, 9.17) is 9.97 Å². The van der Waals surface area contributed by atoms with Crippen molar-refractivity contribution in [1.82, 2.24) is 75.4 Å². The number of fused-ring (bicyclic) bond motifs is 6. The maximum Gasteiger partial charge on any atom is 0.154 e. The topological polar surface area (TPSA) is 267 Å². The number of hydrogen-bond donors (Lipinski definition) is 9. The van der Waals surface area contributed by atoms with E-state index in [1.165, 1.54) is 58.6 Å². The van der Waals surface area contributed by atoms with E-state index in [0.717, 1.165) is 162 Å². The van der Waals surface area contributed by atoms with Gasteiger partial charge in [-0.2, -0.15) is 0 Å². The third kappa shape index (κ3) is 23.1. The van der Waals surface area contributed by atoms with Crippen molar-refractivity contribution in [2.45, 2.75) is 309 Å². The molecular formula is C79H125N21. The molecule has 0 saturated heterocycles. The van der Waals surface area contributed by atoms with E-state index in [0.29, 0.717) is 71.8 Å². The lowest BCUT2D eigenvalue weighted by atomic mass is 9.96. The monoisotopic (exact) mass is 1370 g/mol. The van der Waals surface area contributed by atoms with E-state index in [1.54, 1.807) is 0 Å². The normalized spacial score (nSPS) is 13.9. The Morgan fingerprint density at radius 1 is 0.290 bits per heavy atom. The van der Waals surface area contributed by atoms with E-state index in [2.05, 4.69) is 270 Å². The Morgan fingerprint density at radius 3 is 1.11 bits per heavy atom. The van der Waals surface area contributed by atoms with Gasteiger partial charge in [0.25, 0.3) is 0 Å². The highest BCUT2D eigenvalue weighted by Gasteiger charge is 2.24. The van der Waals surface area contributed by atoms with Crippen molar-refractivity contribution in [1.29, 1.82) is 0 Å². The number of H-pyrrole nitrogens is 1. The number of rotatable bonds is 18. The molecule has 21 heteroatoms. The summed E-state index contributed by atoms with van der Waals surface area (Å²) in [5, 5.41) is 28.4. The van der Waals surface area contributed by atoms with Gasteiger partial charge in [-0.15, -0.1) is 0 Å². The van der Waals surface area contributed by atoms with E-state index in [-0.39, 0.29) is 0 Å². The molecule has 2 aliphatic heterocycles. The Labute approximate surface area is 599 Å². The number of nitrogens with zero attached hydrogens (tertiary/aromatic N) is 12. The predicted molar refractivity (Wildman–Crippen MR) is 418 cm³/mol. The summed E-state index contributed by atoms with van der Waals surface area (Å²) in [7, 11) is 0. The fraction of sp³-hybridized carbons (Fsp3) is 0.620. The number of aromatic nitrogens is 13. The van der Waals surface area contributed by atoms with Crippen LogP contribution in [0, 0.1) is 0 Å². The number of hydrogen-bond acceptors (Lipinski definition) is 20. The van der Waals surface area contributed by atoms with Crippen LogP contribution >= 0.6 is 0 Å². The highest BCUT2D eigenvalue weighted by molar-refractivity contribution is 5.89. The Hall–Kier alpha value is -7.78. The molecule has 2 aliphatic carbocycles. The molecule has 0 saturated carbocycles. The van der Waals surface area contributed by atoms with Crippen molar-refractivity contribution < 1.29 is 0 Å². The molecule has 7 aromatic heterocycles. The second-order valence-corrected chi connectivity index (χ2v) is 30.7. The minimum Gasteiger partial charge on any atom is -0.368 e. The molecule has 0 atom stereocenters. The molecule has 100 heavy (non-hydrogen) atoms. The van der Waals surface area contributed by atoms with Crippen molar-refractivity contribution >= 4 is 56.8 Å². The standard InChI is InChI=1S/C14H23N3.C14H19N3.2C13H22N4.C13H21N3.C12H18N4/c2*1-9(2)13-16-12-8-6-5-7-11(12)14(17-13)15-10(3)4;1-8(2)12-16-11-5-6-14-7-10(11)13(17-12)15-9(3)4;1-8(2)12-16-11-7-14-6-5-10(11)13(17-12)15-9(3)4;1-8(2)12-15-11-7-5-6-10(11)13(16-12)14-9(3)4;1-7(2)11-15-9-5-6-13-10(9)12(16-11)14-8(3)4/h9-10H,5-8H2,1-4H3,(H,15,16,17);5-10H,1-4H3,(H,15,16,17);2*8-9,14H,5-7H2,1-4H3,(H,15,16,17);8-9H,5-7H2,1-4H3,(H,14,15,16);5-8,13H,1-4H3,(H,14,15,16). The Bertz CT molecular complexity index is 3680. The van der Waals surface area contributed by atoms with Gasteiger partial charge >= 0.3 is 0 Å². The maximum atomic E-state index is 4.73. The van der Waals surface area contributed by atoms with E-state index in [1.807, 2.05) is 30.5 Å². The molecule has 4 aliphatic rings. The summed E-state index contributed by atoms with van der Waals surface area (Å²) in [4.78, 5) is 58.9.